The Bertz CT molecular complexity index is 284. The first kappa shape index (κ1) is 13.6. The number of rotatable bonds is 4. The fraction of sp³-hybridized carbons (Fsp3) is 0.917. The largest absolute Gasteiger partial charge is 0.378 e. The van der Waals surface area contributed by atoms with Crippen molar-refractivity contribution in [3.8, 4) is 0 Å². The highest BCUT2D eigenvalue weighted by atomic mass is 16.5. The summed E-state index contributed by atoms with van der Waals surface area (Å²) in [7, 11) is 1.74. The molecule has 0 spiro atoms. The normalized spacial score (nSPS) is 29.7. The number of hydrogen-bond donors (Lipinski definition) is 2. The Labute approximate surface area is 108 Å². The monoisotopic (exact) mass is 257 g/mol. The van der Waals surface area contributed by atoms with E-state index < -0.39 is 0 Å². The van der Waals surface area contributed by atoms with Crippen molar-refractivity contribution in [1.29, 1.82) is 0 Å². The van der Waals surface area contributed by atoms with Gasteiger partial charge in [-0.1, -0.05) is 0 Å². The predicted octanol–water partition coefficient (Wildman–Crippen LogP) is -0.0754. The van der Waals surface area contributed by atoms with Crippen molar-refractivity contribution < 1.29 is 14.3 Å². The van der Waals surface area contributed by atoms with Crippen LogP contribution in [0.25, 0.3) is 0 Å². The number of carbonyl (C=O) groups excluding carboxylic acids is 1. The van der Waals surface area contributed by atoms with E-state index in [1.54, 1.807) is 12.0 Å². The molecule has 0 aromatic rings. The molecule has 2 heterocycles. The van der Waals surface area contributed by atoms with Crippen LogP contribution in [-0.4, -0.2) is 62.5 Å². The van der Waals surface area contributed by atoms with Gasteiger partial charge in [0.2, 0.25) is 0 Å². The zero-order chi connectivity index (χ0) is 13.0. The van der Waals surface area contributed by atoms with Crippen LogP contribution in [0.2, 0.25) is 0 Å². The maximum Gasteiger partial charge on any atom is 0.314 e. The second-order valence-electron chi connectivity index (χ2n) is 5.17. The molecule has 2 saturated heterocycles. The lowest BCUT2D eigenvalue weighted by atomic mass is 10.0. The van der Waals surface area contributed by atoms with Crippen LogP contribution in [0.5, 0.6) is 0 Å². The third-order valence-electron chi connectivity index (χ3n) is 4.02. The van der Waals surface area contributed by atoms with E-state index in [1.807, 2.05) is 0 Å². The highest BCUT2D eigenvalue weighted by molar-refractivity contribution is 5.72. The van der Waals surface area contributed by atoms with Gasteiger partial charge in [-0.15, -0.1) is 0 Å². The highest BCUT2D eigenvalue weighted by Gasteiger charge is 2.35. The Morgan fingerprint density at radius 3 is 2.78 bits per heavy atom. The number of urea groups is 1. The molecule has 2 amide bonds. The summed E-state index contributed by atoms with van der Waals surface area (Å²) in [6, 6.07) is 0.124. The van der Waals surface area contributed by atoms with E-state index in [9.17, 15) is 4.79 Å². The SMILES string of the molecule is COC1(CNC2CCN(C(N)=O)CC2)CCOC1. The molecule has 0 aliphatic carbocycles. The second-order valence-corrected chi connectivity index (χ2v) is 5.17. The van der Waals surface area contributed by atoms with Gasteiger partial charge < -0.3 is 25.4 Å². The lowest BCUT2D eigenvalue weighted by Crippen LogP contribution is -2.51. The van der Waals surface area contributed by atoms with Crippen LogP contribution in [0.3, 0.4) is 0 Å². The van der Waals surface area contributed by atoms with Gasteiger partial charge in [0.25, 0.3) is 0 Å². The van der Waals surface area contributed by atoms with E-state index in [2.05, 4.69) is 5.32 Å². The first-order valence-corrected chi connectivity index (χ1v) is 6.56. The topological polar surface area (TPSA) is 76.8 Å². The van der Waals surface area contributed by atoms with Crippen LogP contribution in [0.4, 0.5) is 4.79 Å². The molecular formula is C12H23N3O3. The molecule has 2 aliphatic heterocycles. The van der Waals surface area contributed by atoms with Crippen LogP contribution in [0, 0.1) is 0 Å². The molecule has 104 valence electrons. The number of likely N-dealkylation sites (tertiary alicyclic amines) is 1. The average Bonchev–Trinajstić information content (AvgIpc) is 2.86. The molecule has 0 aromatic heterocycles. The van der Waals surface area contributed by atoms with Crippen LogP contribution in [-0.2, 0) is 9.47 Å². The summed E-state index contributed by atoms with van der Waals surface area (Å²) in [5, 5.41) is 3.53. The molecule has 1 unspecified atom stereocenters. The van der Waals surface area contributed by atoms with Crippen LogP contribution >= 0.6 is 0 Å². The standard InChI is InChI=1S/C12H23N3O3/c1-17-12(4-7-18-9-12)8-14-10-2-5-15(6-3-10)11(13)16/h10,14H,2-9H2,1H3,(H2,13,16). The van der Waals surface area contributed by atoms with Gasteiger partial charge in [0.15, 0.2) is 0 Å². The smallest absolute Gasteiger partial charge is 0.314 e. The summed E-state index contributed by atoms with van der Waals surface area (Å²) in [6.45, 7) is 3.73. The van der Waals surface area contributed by atoms with Crippen molar-refractivity contribution in [3.63, 3.8) is 0 Å². The number of ether oxygens (including phenoxy) is 2. The fourth-order valence-corrected chi connectivity index (χ4v) is 2.60. The predicted molar refractivity (Wildman–Crippen MR) is 67.4 cm³/mol. The fourth-order valence-electron chi connectivity index (χ4n) is 2.60. The number of hydrogen-bond acceptors (Lipinski definition) is 4. The number of nitrogens with two attached hydrogens (primary N) is 1. The Hall–Kier alpha value is -0.850. The Balaban J connectivity index is 1.73. The van der Waals surface area contributed by atoms with Crippen molar-refractivity contribution in [2.45, 2.75) is 30.9 Å². The van der Waals surface area contributed by atoms with E-state index in [4.69, 9.17) is 15.2 Å². The molecule has 2 rings (SSSR count). The van der Waals surface area contributed by atoms with E-state index in [1.165, 1.54) is 0 Å². The first-order chi connectivity index (χ1) is 8.65. The number of nitrogens with zero attached hydrogens (tertiary/aromatic N) is 1. The van der Waals surface area contributed by atoms with Crippen LogP contribution in [0.15, 0.2) is 0 Å². The number of primary amides is 1. The molecule has 18 heavy (non-hydrogen) atoms. The Morgan fingerprint density at radius 1 is 1.56 bits per heavy atom. The highest BCUT2D eigenvalue weighted by Crippen LogP contribution is 2.22. The molecule has 3 N–H and O–H groups in total. The minimum Gasteiger partial charge on any atom is -0.378 e. The van der Waals surface area contributed by atoms with Gasteiger partial charge in [-0.3, -0.25) is 0 Å². The minimum atomic E-state index is -0.314. The summed E-state index contributed by atoms with van der Waals surface area (Å²) < 4.78 is 11.0. The van der Waals surface area contributed by atoms with Crippen molar-refractivity contribution >= 4 is 6.03 Å². The lowest BCUT2D eigenvalue weighted by Gasteiger charge is -2.34. The van der Waals surface area contributed by atoms with Gasteiger partial charge in [-0.2, -0.15) is 0 Å². The Morgan fingerprint density at radius 2 is 2.28 bits per heavy atom. The minimum absolute atomic E-state index is 0.166. The first-order valence-electron chi connectivity index (χ1n) is 6.56. The van der Waals surface area contributed by atoms with Gasteiger partial charge in [0.1, 0.15) is 5.60 Å². The van der Waals surface area contributed by atoms with Crippen molar-refractivity contribution in [2.24, 2.45) is 5.73 Å². The molecule has 0 aromatic carbocycles. The Kier molecular flexibility index (Phi) is 4.42. The van der Waals surface area contributed by atoms with Crippen LogP contribution < -0.4 is 11.1 Å². The lowest BCUT2D eigenvalue weighted by molar-refractivity contribution is -0.0185. The van der Waals surface area contributed by atoms with Gasteiger partial charge >= 0.3 is 6.03 Å². The van der Waals surface area contributed by atoms with Crippen molar-refractivity contribution in [3.05, 3.63) is 0 Å². The van der Waals surface area contributed by atoms with E-state index >= 15 is 0 Å². The van der Waals surface area contributed by atoms with Crippen molar-refractivity contribution in [2.75, 3.05) is 40.0 Å². The maximum absolute atomic E-state index is 11.0. The van der Waals surface area contributed by atoms with Gasteiger partial charge in [-0.05, 0) is 12.8 Å². The number of methoxy groups -OCH3 is 1. The van der Waals surface area contributed by atoms with Gasteiger partial charge in [0.05, 0.1) is 6.61 Å². The summed E-state index contributed by atoms with van der Waals surface area (Å²) in [5.74, 6) is 0. The summed E-state index contributed by atoms with van der Waals surface area (Å²) in [5.41, 5.74) is 5.09. The molecule has 0 bridgehead atoms. The molecule has 6 heteroatoms. The number of amides is 2. The molecule has 0 saturated carbocycles. The zero-order valence-electron chi connectivity index (χ0n) is 11.0. The quantitative estimate of drug-likeness (QED) is 0.739. The zero-order valence-corrected chi connectivity index (χ0v) is 11.0. The molecule has 0 radical (unpaired) electrons. The van der Waals surface area contributed by atoms with Crippen molar-refractivity contribution in [1.82, 2.24) is 10.2 Å². The number of nitrogens with one attached hydrogen (secondary N) is 1. The van der Waals surface area contributed by atoms with Gasteiger partial charge in [0, 0.05) is 45.8 Å². The molecule has 2 aliphatic rings. The third kappa shape index (κ3) is 3.13. The van der Waals surface area contributed by atoms with Crippen LogP contribution in [0.1, 0.15) is 19.3 Å². The summed E-state index contributed by atoms with van der Waals surface area (Å²) >= 11 is 0. The van der Waals surface area contributed by atoms with E-state index in [0.29, 0.717) is 12.6 Å². The molecule has 2 fully saturated rings. The molecule has 6 nitrogen and oxygen atoms in total. The second kappa shape index (κ2) is 5.86. The number of piperidine rings is 1. The summed E-state index contributed by atoms with van der Waals surface area (Å²) in [4.78, 5) is 12.7. The molecular weight excluding hydrogens is 234 g/mol. The molecule has 1 atom stereocenters. The van der Waals surface area contributed by atoms with Gasteiger partial charge in [-0.25, -0.2) is 4.79 Å². The van der Waals surface area contributed by atoms with E-state index in [0.717, 1.165) is 45.5 Å². The average molecular weight is 257 g/mol. The maximum atomic E-state index is 11.0. The summed E-state index contributed by atoms with van der Waals surface area (Å²) in [6.07, 6.45) is 2.84. The third-order valence-corrected chi connectivity index (χ3v) is 4.02. The van der Waals surface area contributed by atoms with E-state index in [-0.39, 0.29) is 11.6 Å². The number of carbonyl (C=O) groups is 1.